The molecular weight excluding hydrogens is 348 g/mol. The maximum atomic E-state index is 13.1. The number of hydrogen-bond donors (Lipinski definition) is 0. The smallest absolute Gasteiger partial charge is 0.269 e. The first-order chi connectivity index (χ1) is 12.9. The van der Waals surface area contributed by atoms with E-state index in [1.807, 2.05) is 6.92 Å². The van der Waals surface area contributed by atoms with Crippen LogP contribution in [0.1, 0.15) is 35.6 Å². The van der Waals surface area contributed by atoms with E-state index in [2.05, 4.69) is 18.9 Å². The summed E-state index contributed by atoms with van der Waals surface area (Å²) in [5.41, 5.74) is 2.86. The number of nitro benzene ring substituents is 1. The predicted molar refractivity (Wildman–Crippen MR) is 100 cm³/mol. The molecule has 0 radical (unpaired) electrons. The monoisotopic (exact) mass is 372 g/mol. The number of aromatic nitrogens is 2. The molecule has 3 rings (SSSR count). The molecule has 0 atom stereocenters. The second-order valence-electron chi connectivity index (χ2n) is 7.09. The van der Waals surface area contributed by atoms with Gasteiger partial charge in [0.25, 0.3) is 11.6 Å². The summed E-state index contributed by atoms with van der Waals surface area (Å²) in [7, 11) is 0. The Morgan fingerprint density at radius 1 is 1.26 bits per heavy atom. The highest BCUT2D eigenvalue weighted by Gasteiger charge is 2.27. The van der Waals surface area contributed by atoms with Gasteiger partial charge in [-0.2, -0.15) is 5.10 Å². The first-order valence-corrected chi connectivity index (χ1v) is 9.08. The van der Waals surface area contributed by atoms with Gasteiger partial charge in [0.05, 0.1) is 40.8 Å². The van der Waals surface area contributed by atoms with E-state index in [0.29, 0.717) is 49.9 Å². The summed E-state index contributed by atoms with van der Waals surface area (Å²) in [4.78, 5) is 25.4. The van der Waals surface area contributed by atoms with Gasteiger partial charge in [-0.15, -0.1) is 0 Å². The number of nitro groups is 1. The lowest BCUT2D eigenvalue weighted by Crippen LogP contribution is -2.41. The normalized spacial score (nSPS) is 14.6. The van der Waals surface area contributed by atoms with Gasteiger partial charge in [0.1, 0.15) is 0 Å². The Balaban J connectivity index is 2.01. The minimum absolute atomic E-state index is 0.0237. The molecule has 0 aliphatic carbocycles. The lowest BCUT2D eigenvalue weighted by molar-refractivity contribution is -0.384. The number of ether oxygens (including phenoxy) is 1. The molecule has 8 nitrogen and oxygen atoms in total. The van der Waals surface area contributed by atoms with Crippen LogP contribution in [0.15, 0.2) is 24.3 Å². The second kappa shape index (κ2) is 7.87. The first kappa shape index (κ1) is 19.0. The van der Waals surface area contributed by atoms with Crippen LogP contribution in [-0.4, -0.2) is 51.8 Å². The number of benzene rings is 1. The van der Waals surface area contributed by atoms with Crippen LogP contribution in [0.25, 0.3) is 5.69 Å². The van der Waals surface area contributed by atoms with Crippen LogP contribution < -0.4 is 0 Å². The minimum atomic E-state index is -0.433. The van der Waals surface area contributed by atoms with E-state index < -0.39 is 4.92 Å². The van der Waals surface area contributed by atoms with Gasteiger partial charge in [-0.1, -0.05) is 13.8 Å². The number of morpholine rings is 1. The van der Waals surface area contributed by atoms with E-state index in [1.165, 1.54) is 12.1 Å². The zero-order valence-corrected chi connectivity index (χ0v) is 15.8. The molecule has 1 fully saturated rings. The third kappa shape index (κ3) is 4.00. The average molecular weight is 372 g/mol. The molecule has 0 spiro atoms. The summed E-state index contributed by atoms with van der Waals surface area (Å²) in [6, 6.07) is 6.20. The molecule has 0 N–H and O–H groups in total. The Labute approximate surface area is 157 Å². The Morgan fingerprint density at radius 2 is 1.89 bits per heavy atom. The molecule has 1 saturated heterocycles. The van der Waals surface area contributed by atoms with Gasteiger partial charge in [-0.05, 0) is 31.4 Å². The van der Waals surface area contributed by atoms with E-state index in [-0.39, 0.29) is 11.6 Å². The zero-order valence-electron chi connectivity index (χ0n) is 15.8. The van der Waals surface area contributed by atoms with E-state index in [9.17, 15) is 14.9 Å². The van der Waals surface area contributed by atoms with Crippen molar-refractivity contribution in [3.05, 3.63) is 51.3 Å². The molecule has 27 heavy (non-hydrogen) atoms. The number of non-ortho nitro benzene ring substituents is 1. The SMILES string of the molecule is Cc1c(C(=O)N2CCOCC2)c(CC(C)C)nn1-c1ccc([N+](=O)[O-])cc1. The van der Waals surface area contributed by atoms with Crippen molar-refractivity contribution in [3.8, 4) is 5.69 Å². The maximum absolute atomic E-state index is 13.1. The Bertz CT molecular complexity index is 836. The van der Waals surface area contributed by atoms with Crippen LogP contribution in [0.3, 0.4) is 0 Å². The van der Waals surface area contributed by atoms with E-state index in [1.54, 1.807) is 21.7 Å². The fourth-order valence-corrected chi connectivity index (χ4v) is 3.26. The van der Waals surface area contributed by atoms with Crippen LogP contribution in [0.4, 0.5) is 5.69 Å². The van der Waals surface area contributed by atoms with Gasteiger partial charge in [-0.3, -0.25) is 14.9 Å². The standard InChI is InChI=1S/C19H24N4O4/c1-13(2)12-17-18(19(24)21-8-10-27-11-9-21)14(3)22(20-17)15-4-6-16(7-5-15)23(25)26/h4-7,13H,8-12H2,1-3H3. The van der Waals surface area contributed by atoms with Crippen LogP contribution in [0, 0.1) is 23.0 Å². The summed E-state index contributed by atoms with van der Waals surface area (Å²) in [5.74, 6) is 0.320. The fourth-order valence-electron chi connectivity index (χ4n) is 3.26. The van der Waals surface area contributed by atoms with E-state index >= 15 is 0 Å². The molecule has 1 aliphatic rings. The Morgan fingerprint density at radius 3 is 2.44 bits per heavy atom. The van der Waals surface area contributed by atoms with Crippen molar-refractivity contribution in [2.45, 2.75) is 27.2 Å². The lowest BCUT2D eigenvalue weighted by Gasteiger charge is -2.27. The molecule has 2 aromatic rings. The molecule has 1 amide bonds. The quantitative estimate of drug-likeness (QED) is 0.595. The average Bonchev–Trinajstić information content (AvgIpc) is 2.97. The number of nitrogens with zero attached hydrogens (tertiary/aromatic N) is 4. The van der Waals surface area contributed by atoms with Crippen molar-refractivity contribution >= 4 is 11.6 Å². The van der Waals surface area contributed by atoms with Gasteiger partial charge in [0.15, 0.2) is 0 Å². The highest BCUT2D eigenvalue weighted by atomic mass is 16.6. The fraction of sp³-hybridized carbons (Fsp3) is 0.474. The molecule has 0 bridgehead atoms. The molecule has 8 heteroatoms. The number of rotatable bonds is 5. The van der Waals surface area contributed by atoms with E-state index in [4.69, 9.17) is 4.74 Å². The highest BCUT2D eigenvalue weighted by Crippen LogP contribution is 2.24. The largest absolute Gasteiger partial charge is 0.378 e. The van der Waals surface area contributed by atoms with E-state index in [0.717, 1.165) is 11.4 Å². The zero-order chi connectivity index (χ0) is 19.6. The van der Waals surface area contributed by atoms with Crippen LogP contribution in [-0.2, 0) is 11.2 Å². The lowest BCUT2D eigenvalue weighted by atomic mass is 10.0. The molecule has 0 unspecified atom stereocenters. The van der Waals surface area contributed by atoms with Gasteiger partial charge < -0.3 is 9.64 Å². The third-order valence-corrected chi connectivity index (χ3v) is 4.61. The number of hydrogen-bond acceptors (Lipinski definition) is 5. The summed E-state index contributed by atoms with van der Waals surface area (Å²) in [5, 5.41) is 15.6. The Kier molecular flexibility index (Phi) is 5.55. The Hall–Kier alpha value is -2.74. The van der Waals surface area contributed by atoms with Crippen molar-refractivity contribution in [3.63, 3.8) is 0 Å². The van der Waals surface area contributed by atoms with Gasteiger partial charge in [-0.25, -0.2) is 4.68 Å². The summed E-state index contributed by atoms with van der Waals surface area (Å²) < 4.78 is 7.05. The molecule has 0 saturated carbocycles. The van der Waals surface area contributed by atoms with Crippen molar-refractivity contribution in [2.75, 3.05) is 26.3 Å². The van der Waals surface area contributed by atoms with Crippen molar-refractivity contribution in [2.24, 2.45) is 5.92 Å². The molecule has 1 aromatic heterocycles. The molecular formula is C19H24N4O4. The topological polar surface area (TPSA) is 90.5 Å². The molecule has 144 valence electrons. The van der Waals surface area contributed by atoms with Gasteiger partial charge in [0.2, 0.25) is 0 Å². The second-order valence-corrected chi connectivity index (χ2v) is 7.09. The molecule has 1 aliphatic heterocycles. The van der Waals surface area contributed by atoms with Crippen molar-refractivity contribution < 1.29 is 14.5 Å². The third-order valence-electron chi connectivity index (χ3n) is 4.61. The highest BCUT2D eigenvalue weighted by molar-refractivity contribution is 5.96. The summed E-state index contributed by atoms with van der Waals surface area (Å²) in [6.07, 6.45) is 0.687. The van der Waals surface area contributed by atoms with Gasteiger partial charge >= 0.3 is 0 Å². The number of carbonyl (C=O) groups excluding carboxylic acids is 1. The first-order valence-electron chi connectivity index (χ1n) is 9.08. The van der Waals surface area contributed by atoms with Crippen LogP contribution in [0.2, 0.25) is 0 Å². The van der Waals surface area contributed by atoms with Crippen LogP contribution >= 0.6 is 0 Å². The molecule has 1 aromatic carbocycles. The number of carbonyl (C=O) groups is 1. The summed E-state index contributed by atoms with van der Waals surface area (Å²) in [6.45, 7) is 8.27. The van der Waals surface area contributed by atoms with Crippen molar-refractivity contribution in [1.82, 2.24) is 14.7 Å². The van der Waals surface area contributed by atoms with Crippen LogP contribution in [0.5, 0.6) is 0 Å². The minimum Gasteiger partial charge on any atom is -0.378 e. The number of amides is 1. The maximum Gasteiger partial charge on any atom is 0.269 e. The molecule has 2 heterocycles. The van der Waals surface area contributed by atoms with Crippen molar-refractivity contribution in [1.29, 1.82) is 0 Å². The van der Waals surface area contributed by atoms with Gasteiger partial charge in [0, 0.05) is 25.2 Å². The summed E-state index contributed by atoms with van der Waals surface area (Å²) >= 11 is 0. The predicted octanol–water partition coefficient (Wildman–Crippen LogP) is 2.76.